The van der Waals surface area contributed by atoms with Gasteiger partial charge in [0.05, 0.1) is 20.3 Å². The normalized spacial score (nSPS) is 19.6. The van der Waals surface area contributed by atoms with Crippen LogP contribution < -0.4 is 4.74 Å². The number of hydrogen-bond donors (Lipinski definition) is 0. The largest absolute Gasteiger partial charge is 0.491 e. The van der Waals surface area contributed by atoms with E-state index < -0.39 is 0 Å². The molecule has 0 aliphatic carbocycles. The van der Waals surface area contributed by atoms with Gasteiger partial charge in [-0.3, -0.25) is 9.69 Å². The molecule has 1 atom stereocenters. The predicted octanol–water partition coefficient (Wildman–Crippen LogP) is 1.08. The van der Waals surface area contributed by atoms with E-state index in [0.29, 0.717) is 32.1 Å². The van der Waals surface area contributed by atoms with E-state index in [1.54, 1.807) is 12.1 Å². The molecule has 1 heterocycles. The van der Waals surface area contributed by atoms with Gasteiger partial charge in [-0.15, -0.1) is 0 Å². The average molecular weight is 283 g/mol. The van der Waals surface area contributed by atoms with Gasteiger partial charge < -0.3 is 14.2 Å². The van der Waals surface area contributed by atoms with E-state index in [2.05, 4.69) is 4.74 Å². The molecule has 0 radical (unpaired) electrons. The Kier molecular flexibility index (Phi) is 5.31. The first kappa shape index (κ1) is 14.7. The Hall–Kier alpha value is -1.66. The van der Waals surface area contributed by atoms with Gasteiger partial charge in [0.1, 0.15) is 24.3 Å². The van der Waals surface area contributed by atoms with Gasteiger partial charge >= 0.3 is 5.97 Å². The third-order valence-electron chi connectivity index (χ3n) is 3.05. The highest BCUT2D eigenvalue weighted by Crippen LogP contribution is 2.13. The van der Waals surface area contributed by atoms with Crippen molar-refractivity contribution in [1.82, 2.24) is 4.90 Å². The van der Waals surface area contributed by atoms with Crippen LogP contribution in [0.1, 0.15) is 0 Å². The molecule has 5 nitrogen and oxygen atoms in total. The molecule has 110 valence electrons. The smallest absolute Gasteiger partial charge is 0.319 e. The second kappa shape index (κ2) is 7.21. The molecule has 2 rings (SSSR count). The van der Waals surface area contributed by atoms with Crippen molar-refractivity contribution in [3.63, 3.8) is 0 Å². The molecule has 1 aliphatic heterocycles. The van der Waals surface area contributed by atoms with Gasteiger partial charge in [0.2, 0.25) is 0 Å². The highest BCUT2D eigenvalue weighted by molar-refractivity contribution is 5.71. The first-order valence-electron chi connectivity index (χ1n) is 6.46. The first-order chi connectivity index (χ1) is 9.67. The topological polar surface area (TPSA) is 48.0 Å². The first-order valence-corrected chi connectivity index (χ1v) is 6.46. The summed E-state index contributed by atoms with van der Waals surface area (Å²) < 4.78 is 28.5. The maximum Gasteiger partial charge on any atom is 0.319 e. The summed E-state index contributed by atoms with van der Waals surface area (Å²) in [5.74, 6) is 0.0423. The molecule has 0 amide bonds. The zero-order valence-corrected chi connectivity index (χ0v) is 11.4. The van der Waals surface area contributed by atoms with Gasteiger partial charge in [-0.05, 0) is 24.3 Å². The molecule has 0 saturated carbocycles. The molecule has 20 heavy (non-hydrogen) atoms. The molecule has 1 fully saturated rings. The maximum absolute atomic E-state index is 12.8. The molecule has 1 aliphatic rings. The summed E-state index contributed by atoms with van der Waals surface area (Å²) in [7, 11) is 1.37. The van der Waals surface area contributed by atoms with Crippen molar-refractivity contribution in [2.75, 3.05) is 40.0 Å². The fraction of sp³-hybridized carbons (Fsp3) is 0.500. The summed E-state index contributed by atoms with van der Waals surface area (Å²) in [5, 5.41) is 0. The zero-order valence-electron chi connectivity index (χ0n) is 11.4. The number of hydrogen-bond acceptors (Lipinski definition) is 5. The number of esters is 1. The van der Waals surface area contributed by atoms with Crippen molar-refractivity contribution in [1.29, 1.82) is 0 Å². The third kappa shape index (κ3) is 4.47. The molecule has 0 spiro atoms. The van der Waals surface area contributed by atoms with Crippen molar-refractivity contribution < 1.29 is 23.4 Å². The number of carbonyl (C=O) groups is 1. The quantitative estimate of drug-likeness (QED) is 0.757. The lowest BCUT2D eigenvalue weighted by molar-refractivity contribution is -0.144. The van der Waals surface area contributed by atoms with Gasteiger partial charge in [-0.25, -0.2) is 4.39 Å². The van der Waals surface area contributed by atoms with Crippen molar-refractivity contribution in [3.8, 4) is 5.75 Å². The molecule has 0 unspecified atom stereocenters. The Balaban J connectivity index is 1.78. The fourth-order valence-corrected chi connectivity index (χ4v) is 1.99. The molecule has 1 aromatic rings. The minimum absolute atomic E-state index is 0.113. The van der Waals surface area contributed by atoms with Crippen LogP contribution in [0.4, 0.5) is 4.39 Å². The lowest BCUT2D eigenvalue weighted by Crippen LogP contribution is -2.46. The standard InChI is InChI=1S/C14H18FNO4/c1-18-14(17)9-16-6-7-19-13(8-16)10-20-12-4-2-11(15)3-5-12/h2-5,13H,6-10H2,1H3/t13-/m0/s1. The van der Waals surface area contributed by atoms with E-state index in [9.17, 15) is 9.18 Å². The van der Waals surface area contributed by atoms with Crippen LogP contribution in [0.3, 0.4) is 0 Å². The summed E-state index contributed by atoms with van der Waals surface area (Å²) in [6, 6.07) is 5.84. The minimum atomic E-state index is -0.296. The van der Waals surface area contributed by atoms with Gasteiger partial charge in [0.25, 0.3) is 0 Å². The van der Waals surface area contributed by atoms with Crippen molar-refractivity contribution >= 4 is 5.97 Å². The highest BCUT2D eigenvalue weighted by atomic mass is 19.1. The molecular weight excluding hydrogens is 265 g/mol. The number of methoxy groups -OCH3 is 1. The molecule has 1 saturated heterocycles. The van der Waals surface area contributed by atoms with E-state index in [1.807, 2.05) is 4.90 Å². The van der Waals surface area contributed by atoms with Gasteiger partial charge in [-0.1, -0.05) is 0 Å². The predicted molar refractivity (Wildman–Crippen MR) is 70.1 cm³/mol. The Morgan fingerprint density at radius 2 is 2.20 bits per heavy atom. The number of rotatable bonds is 5. The Labute approximate surface area is 117 Å². The van der Waals surface area contributed by atoms with E-state index in [4.69, 9.17) is 9.47 Å². The van der Waals surface area contributed by atoms with Gasteiger partial charge in [0.15, 0.2) is 0 Å². The Morgan fingerprint density at radius 3 is 2.90 bits per heavy atom. The summed E-state index contributed by atoms with van der Waals surface area (Å²) in [6.45, 7) is 2.48. The van der Waals surface area contributed by atoms with Crippen LogP contribution in [-0.2, 0) is 14.3 Å². The third-order valence-corrected chi connectivity index (χ3v) is 3.05. The van der Waals surface area contributed by atoms with Gasteiger partial charge in [-0.2, -0.15) is 0 Å². The SMILES string of the molecule is COC(=O)CN1CCO[C@H](COc2ccc(F)cc2)C1. The monoisotopic (exact) mass is 283 g/mol. The summed E-state index contributed by atoms with van der Waals surface area (Å²) in [4.78, 5) is 13.2. The van der Waals surface area contributed by atoms with Crippen molar-refractivity contribution in [3.05, 3.63) is 30.1 Å². The Morgan fingerprint density at radius 1 is 1.45 bits per heavy atom. The number of halogens is 1. The van der Waals surface area contributed by atoms with E-state index in [1.165, 1.54) is 19.2 Å². The lowest BCUT2D eigenvalue weighted by Gasteiger charge is -2.31. The molecule has 0 bridgehead atoms. The van der Waals surface area contributed by atoms with Crippen LogP contribution in [-0.4, -0.2) is 56.9 Å². The van der Waals surface area contributed by atoms with Crippen molar-refractivity contribution in [2.45, 2.75) is 6.10 Å². The van der Waals surface area contributed by atoms with Crippen LogP contribution >= 0.6 is 0 Å². The number of ether oxygens (including phenoxy) is 3. The maximum atomic E-state index is 12.8. The average Bonchev–Trinajstić information content (AvgIpc) is 2.47. The van der Waals surface area contributed by atoms with Crippen LogP contribution in [0.15, 0.2) is 24.3 Å². The molecular formula is C14H18FNO4. The van der Waals surface area contributed by atoms with Crippen LogP contribution in [0.25, 0.3) is 0 Å². The highest BCUT2D eigenvalue weighted by Gasteiger charge is 2.22. The summed E-state index contributed by atoms with van der Waals surface area (Å²) in [6.07, 6.45) is -0.113. The lowest BCUT2D eigenvalue weighted by atomic mass is 10.3. The van der Waals surface area contributed by atoms with Crippen LogP contribution in [0.5, 0.6) is 5.75 Å². The van der Waals surface area contributed by atoms with Gasteiger partial charge in [0, 0.05) is 13.1 Å². The van der Waals surface area contributed by atoms with Crippen molar-refractivity contribution in [2.24, 2.45) is 0 Å². The molecule has 6 heteroatoms. The Bertz CT molecular complexity index is 437. The number of carbonyl (C=O) groups excluding carboxylic acids is 1. The summed E-state index contributed by atoms with van der Waals surface area (Å²) in [5.41, 5.74) is 0. The minimum Gasteiger partial charge on any atom is -0.491 e. The number of morpholine rings is 1. The zero-order chi connectivity index (χ0) is 14.4. The molecule has 0 N–H and O–H groups in total. The summed E-state index contributed by atoms with van der Waals surface area (Å²) >= 11 is 0. The molecule has 1 aromatic carbocycles. The van der Waals surface area contributed by atoms with E-state index in [0.717, 1.165) is 0 Å². The van der Waals surface area contributed by atoms with Crippen LogP contribution in [0, 0.1) is 5.82 Å². The number of benzene rings is 1. The second-order valence-corrected chi connectivity index (χ2v) is 4.57. The fourth-order valence-electron chi connectivity index (χ4n) is 1.99. The second-order valence-electron chi connectivity index (χ2n) is 4.57. The van der Waals surface area contributed by atoms with E-state index in [-0.39, 0.29) is 24.4 Å². The van der Waals surface area contributed by atoms with Crippen LogP contribution in [0.2, 0.25) is 0 Å². The van der Waals surface area contributed by atoms with E-state index >= 15 is 0 Å². The molecule has 0 aromatic heterocycles. The number of nitrogens with zero attached hydrogens (tertiary/aromatic N) is 1.